The first kappa shape index (κ1) is 12.2. The number of carbonyl (C=O) groups is 1. The molecule has 1 aliphatic heterocycles. The summed E-state index contributed by atoms with van der Waals surface area (Å²) in [5, 5.41) is 10.2. The van der Waals surface area contributed by atoms with Gasteiger partial charge in [0.2, 0.25) is 0 Å². The van der Waals surface area contributed by atoms with Gasteiger partial charge in [-0.3, -0.25) is 9.78 Å². The second kappa shape index (κ2) is 4.96. The summed E-state index contributed by atoms with van der Waals surface area (Å²) in [6.07, 6.45) is 2.83. The molecule has 2 atom stereocenters. The lowest BCUT2D eigenvalue weighted by Crippen LogP contribution is -2.44. The second-order valence-corrected chi connectivity index (χ2v) is 6.28. The third-order valence-electron chi connectivity index (χ3n) is 2.68. The molecule has 1 saturated heterocycles. The molecule has 4 nitrogen and oxygen atoms in total. The quantitative estimate of drug-likeness (QED) is 0.827. The van der Waals surface area contributed by atoms with Crippen molar-refractivity contribution in [3.8, 4) is 5.75 Å². The average molecular weight is 252 g/mol. The number of amides is 1. The first-order chi connectivity index (χ1) is 8.06. The Morgan fingerprint density at radius 3 is 2.65 bits per heavy atom. The SMILES string of the molecule is CC1CN(C(=O)c2cncc(O)c2)CC(C)S1. The summed E-state index contributed by atoms with van der Waals surface area (Å²) in [5.41, 5.74) is 0.455. The highest BCUT2D eigenvalue weighted by molar-refractivity contribution is 8.00. The van der Waals surface area contributed by atoms with E-state index >= 15 is 0 Å². The predicted octanol–water partition coefficient (Wildman–Crippen LogP) is 1.75. The number of thioether (sulfide) groups is 1. The molecular formula is C12H16N2O2S. The van der Waals surface area contributed by atoms with Crippen LogP contribution in [0.15, 0.2) is 18.5 Å². The number of aromatic nitrogens is 1. The molecule has 0 aromatic carbocycles. The van der Waals surface area contributed by atoms with Crippen LogP contribution in [0.3, 0.4) is 0 Å². The molecule has 1 N–H and O–H groups in total. The predicted molar refractivity (Wildman–Crippen MR) is 68.3 cm³/mol. The normalized spacial score (nSPS) is 24.7. The van der Waals surface area contributed by atoms with E-state index in [1.165, 1.54) is 18.5 Å². The van der Waals surface area contributed by atoms with Crippen LogP contribution in [0.5, 0.6) is 5.75 Å². The van der Waals surface area contributed by atoms with Crippen molar-refractivity contribution in [3.63, 3.8) is 0 Å². The minimum Gasteiger partial charge on any atom is -0.506 e. The maximum absolute atomic E-state index is 12.2. The third-order valence-corrected chi connectivity index (χ3v) is 3.90. The van der Waals surface area contributed by atoms with Gasteiger partial charge in [-0.1, -0.05) is 13.8 Å². The van der Waals surface area contributed by atoms with Crippen LogP contribution >= 0.6 is 11.8 Å². The average Bonchev–Trinajstić information content (AvgIpc) is 2.26. The minimum absolute atomic E-state index is 0.0309. The third kappa shape index (κ3) is 2.91. The van der Waals surface area contributed by atoms with Gasteiger partial charge in [-0.2, -0.15) is 11.8 Å². The smallest absolute Gasteiger partial charge is 0.255 e. The van der Waals surface area contributed by atoms with E-state index < -0.39 is 0 Å². The molecule has 1 aliphatic rings. The van der Waals surface area contributed by atoms with Crippen LogP contribution in [-0.2, 0) is 0 Å². The molecule has 92 valence electrons. The van der Waals surface area contributed by atoms with E-state index in [-0.39, 0.29) is 11.7 Å². The fourth-order valence-electron chi connectivity index (χ4n) is 2.07. The maximum atomic E-state index is 12.2. The Morgan fingerprint density at radius 2 is 2.06 bits per heavy atom. The molecule has 1 aromatic heterocycles. The van der Waals surface area contributed by atoms with Gasteiger partial charge >= 0.3 is 0 Å². The van der Waals surface area contributed by atoms with Crippen molar-refractivity contribution in [2.45, 2.75) is 24.3 Å². The van der Waals surface area contributed by atoms with Crippen molar-refractivity contribution >= 4 is 17.7 Å². The molecule has 0 radical (unpaired) electrons. The van der Waals surface area contributed by atoms with Gasteiger partial charge < -0.3 is 10.0 Å². The topological polar surface area (TPSA) is 53.4 Å². The second-order valence-electron chi connectivity index (χ2n) is 4.40. The molecule has 0 bridgehead atoms. The molecule has 5 heteroatoms. The van der Waals surface area contributed by atoms with Crippen LogP contribution < -0.4 is 0 Å². The van der Waals surface area contributed by atoms with Gasteiger partial charge in [0.05, 0.1) is 11.8 Å². The van der Waals surface area contributed by atoms with Gasteiger partial charge in [-0.15, -0.1) is 0 Å². The minimum atomic E-state index is -0.0487. The summed E-state index contributed by atoms with van der Waals surface area (Å²) in [5.74, 6) is -0.0178. The molecule has 1 aromatic rings. The van der Waals surface area contributed by atoms with E-state index in [1.54, 1.807) is 0 Å². The summed E-state index contributed by atoms with van der Waals surface area (Å²) in [6.45, 7) is 5.76. The first-order valence-corrected chi connectivity index (χ1v) is 6.59. The monoisotopic (exact) mass is 252 g/mol. The van der Waals surface area contributed by atoms with E-state index in [0.29, 0.717) is 16.1 Å². The van der Waals surface area contributed by atoms with Crippen LogP contribution in [-0.4, -0.2) is 44.5 Å². The molecule has 1 amide bonds. The molecule has 2 rings (SSSR count). The summed E-state index contributed by atoms with van der Waals surface area (Å²) in [4.78, 5) is 17.9. The zero-order valence-electron chi connectivity index (χ0n) is 9.96. The molecule has 2 heterocycles. The Hall–Kier alpha value is -1.23. The Kier molecular flexibility index (Phi) is 3.57. The Morgan fingerprint density at radius 1 is 1.41 bits per heavy atom. The zero-order valence-corrected chi connectivity index (χ0v) is 10.8. The van der Waals surface area contributed by atoms with Gasteiger partial charge in [-0.05, 0) is 6.07 Å². The highest BCUT2D eigenvalue weighted by Gasteiger charge is 2.26. The van der Waals surface area contributed by atoms with Crippen molar-refractivity contribution in [3.05, 3.63) is 24.0 Å². The summed E-state index contributed by atoms with van der Waals surface area (Å²) in [7, 11) is 0. The van der Waals surface area contributed by atoms with E-state index in [9.17, 15) is 9.90 Å². The van der Waals surface area contributed by atoms with E-state index in [2.05, 4.69) is 18.8 Å². The zero-order chi connectivity index (χ0) is 12.4. The lowest BCUT2D eigenvalue weighted by atomic mass is 10.2. The number of hydrogen-bond acceptors (Lipinski definition) is 4. The fourth-order valence-corrected chi connectivity index (χ4v) is 3.40. The molecule has 0 saturated carbocycles. The van der Waals surface area contributed by atoms with Gasteiger partial charge in [0, 0.05) is 29.8 Å². The number of hydrogen-bond donors (Lipinski definition) is 1. The standard InChI is InChI=1S/C12H16N2O2S/c1-8-6-14(7-9(2)17-8)12(16)10-3-11(15)5-13-4-10/h3-5,8-9,15H,6-7H2,1-2H3. The van der Waals surface area contributed by atoms with Crippen molar-refractivity contribution in [2.75, 3.05) is 13.1 Å². The Balaban J connectivity index is 2.14. The number of nitrogens with zero attached hydrogens (tertiary/aromatic N) is 2. The summed E-state index contributed by atoms with van der Waals surface area (Å²) in [6, 6.07) is 1.46. The largest absolute Gasteiger partial charge is 0.506 e. The van der Waals surface area contributed by atoms with Crippen molar-refractivity contribution in [2.24, 2.45) is 0 Å². The van der Waals surface area contributed by atoms with Gasteiger partial charge in [0.15, 0.2) is 0 Å². The van der Waals surface area contributed by atoms with E-state index in [0.717, 1.165) is 13.1 Å². The number of rotatable bonds is 1. The first-order valence-electron chi connectivity index (χ1n) is 5.65. The Labute approximate surface area is 105 Å². The van der Waals surface area contributed by atoms with Crippen LogP contribution in [0.25, 0.3) is 0 Å². The van der Waals surface area contributed by atoms with E-state index in [4.69, 9.17) is 0 Å². The van der Waals surface area contributed by atoms with E-state index in [1.807, 2.05) is 16.7 Å². The van der Waals surface area contributed by atoms with Crippen LogP contribution in [0.1, 0.15) is 24.2 Å². The molecule has 1 fully saturated rings. The van der Waals surface area contributed by atoms with Crippen LogP contribution in [0, 0.1) is 0 Å². The maximum Gasteiger partial charge on any atom is 0.255 e. The van der Waals surface area contributed by atoms with Gasteiger partial charge in [0.1, 0.15) is 5.75 Å². The number of carbonyl (C=O) groups excluding carboxylic acids is 1. The summed E-state index contributed by atoms with van der Waals surface area (Å²) < 4.78 is 0. The fraction of sp³-hybridized carbons (Fsp3) is 0.500. The Bertz CT molecular complexity index is 415. The molecular weight excluding hydrogens is 236 g/mol. The molecule has 2 unspecified atom stereocenters. The highest BCUT2D eigenvalue weighted by atomic mass is 32.2. The van der Waals surface area contributed by atoms with Crippen LogP contribution in [0.2, 0.25) is 0 Å². The van der Waals surface area contributed by atoms with Gasteiger partial charge in [0.25, 0.3) is 5.91 Å². The van der Waals surface area contributed by atoms with Crippen LogP contribution in [0.4, 0.5) is 0 Å². The lowest BCUT2D eigenvalue weighted by Gasteiger charge is -2.34. The molecule has 0 aliphatic carbocycles. The van der Waals surface area contributed by atoms with Crippen molar-refractivity contribution < 1.29 is 9.90 Å². The number of pyridine rings is 1. The number of aromatic hydroxyl groups is 1. The van der Waals surface area contributed by atoms with Gasteiger partial charge in [-0.25, -0.2) is 0 Å². The van der Waals surface area contributed by atoms with Crippen molar-refractivity contribution in [1.82, 2.24) is 9.88 Å². The lowest BCUT2D eigenvalue weighted by molar-refractivity contribution is 0.0752. The highest BCUT2D eigenvalue weighted by Crippen LogP contribution is 2.25. The molecule has 17 heavy (non-hydrogen) atoms. The summed E-state index contributed by atoms with van der Waals surface area (Å²) >= 11 is 1.90. The molecule has 0 spiro atoms. The van der Waals surface area contributed by atoms with Crippen molar-refractivity contribution in [1.29, 1.82) is 0 Å².